The molecular weight excluding hydrogens is 444 g/mol. The molecule has 0 saturated heterocycles. The summed E-state index contributed by atoms with van der Waals surface area (Å²) in [4.78, 5) is 0. The molecule has 0 aliphatic carbocycles. The maximum Gasteiger partial charge on any atom is 0.130 e. The molecular formula is C28H22F4O2. The molecule has 0 heterocycles. The second kappa shape index (κ2) is 10.4. The van der Waals surface area contributed by atoms with Crippen molar-refractivity contribution in [2.75, 3.05) is 0 Å². The van der Waals surface area contributed by atoms with Crippen molar-refractivity contribution in [3.8, 4) is 11.5 Å². The fraction of sp³-hybridized carbons (Fsp3) is 0.143. The molecule has 174 valence electrons. The number of halogens is 4. The summed E-state index contributed by atoms with van der Waals surface area (Å²) < 4.78 is 66.3. The van der Waals surface area contributed by atoms with Crippen LogP contribution in [-0.4, -0.2) is 0 Å². The summed E-state index contributed by atoms with van der Waals surface area (Å²) in [6, 6.07) is 20.7. The number of benzene rings is 4. The Balaban J connectivity index is 1.40. The Morgan fingerprint density at radius 1 is 0.559 bits per heavy atom. The summed E-state index contributed by atoms with van der Waals surface area (Å²) in [5.74, 6) is -0.978. The van der Waals surface area contributed by atoms with Crippen LogP contribution in [0.4, 0.5) is 17.6 Å². The zero-order chi connectivity index (χ0) is 24.1. The highest BCUT2D eigenvalue weighted by molar-refractivity contribution is 5.36. The predicted molar refractivity (Wildman–Crippen MR) is 122 cm³/mol. The van der Waals surface area contributed by atoms with Gasteiger partial charge in [0.05, 0.1) is 0 Å². The van der Waals surface area contributed by atoms with Crippen LogP contribution in [0, 0.1) is 23.3 Å². The van der Waals surface area contributed by atoms with Crippen molar-refractivity contribution in [2.24, 2.45) is 0 Å². The second-order valence-corrected chi connectivity index (χ2v) is 7.91. The molecule has 4 rings (SSSR count). The second-order valence-electron chi connectivity index (χ2n) is 7.91. The highest BCUT2D eigenvalue weighted by Crippen LogP contribution is 2.28. The van der Waals surface area contributed by atoms with Crippen molar-refractivity contribution in [1.82, 2.24) is 0 Å². The van der Waals surface area contributed by atoms with Crippen molar-refractivity contribution in [3.05, 3.63) is 130 Å². The Kier molecular flexibility index (Phi) is 7.16. The van der Waals surface area contributed by atoms with E-state index in [1.807, 2.05) is 6.92 Å². The molecule has 0 spiro atoms. The number of ether oxygens (including phenoxy) is 2. The van der Waals surface area contributed by atoms with Crippen LogP contribution < -0.4 is 9.47 Å². The van der Waals surface area contributed by atoms with Crippen LogP contribution in [0.15, 0.2) is 84.9 Å². The Hall–Kier alpha value is -3.80. The summed E-state index contributed by atoms with van der Waals surface area (Å²) in [5, 5.41) is 0. The first-order chi connectivity index (χ1) is 16.4. The third-order valence-corrected chi connectivity index (χ3v) is 5.57. The van der Waals surface area contributed by atoms with Gasteiger partial charge < -0.3 is 9.47 Å². The molecule has 4 aromatic rings. The highest BCUT2D eigenvalue weighted by Gasteiger charge is 2.14. The van der Waals surface area contributed by atoms with E-state index in [9.17, 15) is 17.6 Å². The van der Waals surface area contributed by atoms with E-state index in [2.05, 4.69) is 0 Å². The molecule has 0 aliphatic rings. The van der Waals surface area contributed by atoms with Crippen LogP contribution in [0.2, 0.25) is 0 Å². The zero-order valence-electron chi connectivity index (χ0n) is 18.4. The van der Waals surface area contributed by atoms with Crippen molar-refractivity contribution < 1.29 is 27.0 Å². The molecule has 0 saturated carbocycles. The third-order valence-electron chi connectivity index (χ3n) is 5.57. The minimum Gasteiger partial charge on any atom is -0.489 e. The molecule has 0 N–H and O–H groups in total. The van der Waals surface area contributed by atoms with Crippen LogP contribution in [-0.2, 0) is 13.2 Å². The van der Waals surface area contributed by atoms with Gasteiger partial charge in [0.15, 0.2) is 0 Å². The summed E-state index contributed by atoms with van der Waals surface area (Å²) in [7, 11) is 0. The predicted octanol–water partition coefficient (Wildman–Crippen LogP) is 7.55. The summed E-state index contributed by atoms with van der Waals surface area (Å²) >= 11 is 0. The van der Waals surface area contributed by atoms with E-state index in [0.717, 1.165) is 0 Å². The Bertz CT molecular complexity index is 1160. The van der Waals surface area contributed by atoms with Crippen LogP contribution in [0.3, 0.4) is 0 Å². The van der Waals surface area contributed by atoms with E-state index in [4.69, 9.17) is 9.47 Å². The fourth-order valence-electron chi connectivity index (χ4n) is 3.48. The Labute approximate surface area is 195 Å². The van der Waals surface area contributed by atoms with Gasteiger partial charge in [0.25, 0.3) is 0 Å². The Morgan fingerprint density at radius 3 is 1.29 bits per heavy atom. The maximum atomic E-state index is 14.7. The quantitative estimate of drug-likeness (QED) is 0.250. The van der Waals surface area contributed by atoms with Crippen LogP contribution in [0.1, 0.15) is 35.1 Å². The number of rotatable bonds is 8. The summed E-state index contributed by atoms with van der Waals surface area (Å²) in [6.07, 6.45) is 0. The Morgan fingerprint density at radius 2 is 0.941 bits per heavy atom. The zero-order valence-corrected chi connectivity index (χ0v) is 18.4. The van der Waals surface area contributed by atoms with Crippen LogP contribution in [0.25, 0.3) is 0 Å². The van der Waals surface area contributed by atoms with Gasteiger partial charge in [-0.1, -0.05) is 31.2 Å². The highest BCUT2D eigenvalue weighted by atomic mass is 19.1. The van der Waals surface area contributed by atoms with Crippen molar-refractivity contribution >= 4 is 0 Å². The van der Waals surface area contributed by atoms with Gasteiger partial charge in [-0.05, 0) is 71.8 Å². The lowest BCUT2D eigenvalue weighted by atomic mass is 9.91. The first kappa shape index (κ1) is 23.4. The molecule has 0 unspecified atom stereocenters. The van der Waals surface area contributed by atoms with E-state index < -0.39 is 11.6 Å². The molecule has 2 nitrogen and oxygen atoms in total. The normalized spacial score (nSPS) is 11.0. The van der Waals surface area contributed by atoms with Gasteiger partial charge >= 0.3 is 0 Å². The summed E-state index contributed by atoms with van der Waals surface area (Å²) in [6.45, 7) is 1.87. The molecule has 0 radical (unpaired) electrons. The van der Waals surface area contributed by atoms with E-state index in [0.29, 0.717) is 33.8 Å². The van der Waals surface area contributed by atoms with Gasteiger partial charge in [0.2, 0.25) is 0 Å². The van der Waals surface area contributed by atoms with E-state index in [1.165, 1.54) is 60.7 Å². The standard InChI is InChI=1S/C28H22F4O2/c1-18(19-2-4-21(27(31)14-19)16-33-25-10-6-23(29)7-11-25)20-3-5-22(28(32)15-20)17-34-26-12-8-24(30)9-13-26/h2-15,18H,16-17H2,1H3. The van der Waals surface area contributed by atoms with E-state index >= 15 is 0 Å². The average Bonchev–Trinajstić information content (AvgIpc) is 2.84. The monoisotopic (exact) mass is 466 g/mol. The third kappa shape index (κ3) is 5.76. The van der Waals surface area contributed by atoms with Gasteiger partial charge in [-0.3, -0.25) is 0 Å². The molecule has 0 atom stereocenters. The summed E-state index contributed by atoms with van der Waals surface area (Å²) in [5.41, 5.74) is 2.11. The van der Waals surface area contributed by atoms with Gasteiger partial charge in [0, 0.05) is 17.0 Å². The smallest absolute Gasteiger partial charge is 0.130 e. The molecule has 0 aromatic heterocycles. The van der Waals surface area contributed by atoms with Gasteiger partial charge in [-0.25, -0.2) is 17.6 Å². The topological polar surface area (TPSA) is 18.5 Å². The SMILES string of the molecule is CC(c1ccc(COc2ccc(F)cc2)c(F)c1)c1ccc(COc2ccc(F)cc2)c(F)c1. The molecule has 6 heteroatoms. The van der Waals surface area contributed by atoms with Crippen molar-refractivity contribution in [1.29, 1.82) is 0 Å². The first-order valence-corrected chi connectivity index (χ1v) is 10.7. The van der Waals surface area contributed by atoms with E-state index in [1.54, 1.807) is 24.3 Å². The lowest BCUT2D eigenvalue weighted by molar-refractivity contribution is 0.299. The van der Waals surface area contributed by atoms with Crippen LogP contribution in [0.5, 0.6) is 11.5 Å². The van der Waals surface area contributed by atoms with Gasteiger partial charge in [0.1, 0.15) is 48.0 Å². The van der Waals surface area contributed by atoms with E-state index in [-0.39, 0.29) is 30.8 Å². The molecule has 0 aliphatic heterocycles. The maximum absolute atomic E-state index is 14.7. The molecule has 34 heavy (non-hydrogen) atoms. The van der Waals surface area contributed by atoms with Crippen molar-refractivity contribution in [3.63, 3.8) is 0 Å². The average molecular weight is 466 g/mol. The number of hydrogen-bond acceptors (Lipinski definition) is 2. The van der Waals surface area contributed by atoms with Gasteiger partial charge in [-0.2, -0.15) is 0 Å². The molecule has 0 bridgehead atoms. The molecule has 0 fully saturated rings. The number of hydrogen-bond donors (Lipinski definition) is 0. The fourth-order valence-corrected chi connectivity index (χ4v) is 3.48. The minimum absolute atomic E-state index is 0.00348. The van der Waals surface area contributed by atoms with Crippen molar-refractivity contribution in [2.45, 2.75) is 26.1 Å². The molecule has 4 aromatic carbocycles. The minimum atomic E-state index is -0.434. The largest absolute Gasteiger partial charge is 0.489 e. The molecule has 0 amide bonds. The first-order valence-electron chi connectivity index (χ1n) is 10.7. The van der Waals surface area contributed by atoms with Crippen LogP contribution >= 0.6 is 0 Å². The lowest BCUT2D eigenvalue weighted by Crippen LogP contribution is -2.04. The lowest BCUT2D eigenvalue weighted by Gasteiger charge is -2.16. The van der Waals surface area contributed by atoms with Gasteiger partial charge in [-0.15, -0.1) is 0 Å².